The number of rotatable bonds is 2. The molecular formula is C24H26N2. The van der Waals surface area contributed by atoms with Crippen LogP contribution in [0.2, 0.25) is 0 Å². The lowest BCUT2D eigenvalue weighted by Crippen LogP contribution is -1.87. The summed E-state index contributed by atoms with van der Waals surface area (Å²) in [6.45, 7) is 8.82. The highest BCUT2D eigenvalue weighted by Gasteiger charge is 2.00. The molecule has 4 aromatic rings. The van der Waals surface area contributed by atoms with E-state index in [1.807, 2.05) is 24.5 Å². The van der Waals surface area contributed by atoms with Crippen molar-refractivity contribution in [2.45, 2.75) is 39.5 Å². The Labute approximate surface area is 155 Å². The van der Waals surface area contributed by atoms with Gasteiger partial charge in [0.05, 0.1) is 11.0 Å². The third-order valence-corrected chi connectivity index (χ3v) is 4.59. The van der Waals surface area contributed by atoms with Crippen LogP contribution in [0.4, 0.5) is 0 Å². The van der Waals surface area contributed by atoms with E-state index in [1.54, 1.807) is 0 Å². The zero-order valence-electron chi connectivity index (χ0n) is 16.0. The van der Waals surface area contributed by atoms with Gasteiger partial charge in [0.15, 0.2) is 0 Å². The molecule has 0 spiro atoms. The van der Waals surface area contributed by atoms with Crippen molar-refractivity contribution in [2.75, 3.05) is 0 Å². The normalized spacial score (nSPS) is 11.0. The van der Waals surface area contributed by atoms with Crippen LogP contribution in [0, 0.1) is 0 Å². The van der Waals surface area contributed by atoms with Crippen LogP contribution in [0.3, 0.4) is 0 Å². The monoisotopic (exact) mass is 342 g/mol. The molecule has 2 nitrogen and oxygen atoms in total. The summed E-state index contributed by atoms with van der Waals surface area (Å²) in [5.41, 5.74) is 4.90. The smallest absolute Gasteiger partial charge is 0.0702 e. The van der Waals surface area contributed by atoms with Gasteiger partial charge in [-0.3, -0.25) is 9.97 Å². The van der Waals surface area contributed by atoms with Gasteiger partial charge < -0.3 is 0 Å². The molecule has 2 heteroatoms. The molecule has 2 aromatic heterocycles. The minimum atomic E-state index is 0.588. The van der Waals surface area contributed by atoms with E-state index in [1.165, 1.54) is 21.9 Å². The van der Waals surface area contributed by atoms with Crippen molar-refractivity contribution >= 4 is 21.8 Å². The number of fused-ring (bicyclic) bond motifs is 2. The fourth-order valence-corrected chi connectivity index (χ4v) is 2.91. The minimum absolute atomic E-state index is 0.588. The van der Waals surface area contributed by atoms with Gasteiger partial charge in [0.1, 0.15) is 0 Å². The lowest BCUT2D eigenvalue weighted by Gasteiger charge is -2.05. The second kappa shape index (κ2) is 8.09. The van der Waals surface area contributed by atoms with Crippen molar-refractivity contribution in [3.05, 3.63) is 84.2 Å². The van der Waals surface area contributed by atoms with Crippen LogP contribution in [0.15, 0.2) is 73.1 Å². The summed E-state index contributed by atoms with van der Waals surface area (Å²) >= 11 is 0. The van der Waals surface area contributed by atoms with Crippen LogP contribution >= 0.6 is 0 Å². The van der Waals surface area contributed by atoms with Gasteiger partial charge in [-0.2, -0.15) is 0 Å². The van der Waals surface area contributed by atoms with Crippen molar-refractivity contribution in [3.8, 4) is 0 Å². The molecule has 0 saturated heterocycles. The van der Waals surface area contributed by atoms with E-state index in [0.717, 1.165) is 11.0 Å². The highest BCUT2D eigenvalue weighted by atomic mass is 14.6. The van der Waals surface area contributed by atoms with Crippen molar-refractivity contribution in [1.29, 1.82) is 0 Å². The summed E-state index contributed by atoms with van der Waals surface area (Å²) in [5, 5.41) is 2.46. The fraction of sp³-hybridized carbons (Fsp3) is 0.250. The number of benzene rings is 2. The molecule has 0 aliphatic rings. The average Bonchev–Trinajstić information content (AvgIpc) is 2.67. The standard InChI is InChI=1S/2C12H13N/c2*1-9(2)10-5-6-12-11(8-10)4-3-7-13-12/h2*3-9H,1-2H3. The third kappa shape index (κ3) is 4.26. The molecule has 132 valence electrons. The molecule has 26 heavy (non-hydrogen) atoms. The Hall–Kier alpha value is -2.74. The summed E-state index contributed by atoms with van der Waals surface area (Å²) in [6.07, 6.45) is 3.66. The molecule has 0 atom stereocenters. The van der Waals surface area contributed by atoms with E-state index >= 15 is 0 Å². The number of hydrogen-bond acceptors (Lipinski definition) is 2. The van der Waals surface area contributed by atoms with Gasteiger partial charge in [-0.05, 0) is 59.4 Å². The molecule has 0 amide bonds. The topological polar surface area (TPSA) is 25.8 Å². The summed E-state index contributed by atoms with van der Waals surface area (Å²) in [6, 6.07) is 21.1. The zero-order valence-corrected chi connectivity index (χ0v) is 16.0. The van der Waals surface area contributed by atoms with E-state index in [0.29, 0.717) is 11.8 Å². The highest BCUT2D eigenvalue weighted by molar-refractivity contribution is 5.79. The Kier molecular flexibility index (Phi) is 5.62. The number of hydrogen-bond donors (Lipinski definition) is 0. The molecule has 0 N–H and O–H groups in total. The summed E-state index contributed by atoms with van der Waals surface area (Å²) in [5.74, 6) is 1.18. The largest absolute Gasteiger partial charge is 0.256 e. The van der Waals surface area contributed by atoms with Crippen LogP contribution in [0.1, 0.15) is 50.7 Å². The maximum atomic E-state index is 4.28. The fourth-order valence-electron chi connectivity index (χ4n) is 2.91. The Morgan fingerprint density at radius 3 is 1.38 bits per heavy atom. The lowest BCUT2D eigenvalue weighted by molar-refractivity contribution is 0.868. The summed E-state index contributed by atoms with van der Waals surface area (Å²) in [7, 11) is 0. The van der Waals surface area contributed by atoms with E-state index in [4.69, 9.17) is 0 Å². The van der Waals surface area contributed by atoms with Crippen molar-refractivity contribution in [2.24, 2.45) is 0 Å². The summed E-state index contributed by atoms with van der Waals surface area (Å²) in [4.78, 5) is 8.56. The van der Waals surface area contributed by atoms with Crippen molar-refractivity contribution in [1.82, 2.24) is 9.97 Å². The van der Waals surface area contributed by atoms with E-state index in [2.05, 4.69) is 86.2 Å². The minimum Gasteiger partial charge on any atom is -0.256 e. The van der Waals surface area contributed by atoms with E-state index < -0.39 is 0 Å². The van der Waals surface area contributed by atoms with Crippen molar-refractivity contribution in [3.63, 3.8) is 0 Å². The maximum Gasteiger partial charge on any atom is 0.0702 e. The number of nitrogens with zero attached hydrogens (tertiary/aromatic N) is 2. The van der Waals surface area contributed by atoms with Gasteiger partial charge in [-0.15, -0.1) is 0 Å². The predicted molar refractivity (Wildman–Crippen MR) is 112 cm³/mol. The molecule has 0 saturated carbocycles. The Morgan fingerprint density at radius 2 is 1.00 bits per heavy atom. The van der Waals surface area contributed by atoms with Gasteiger partial charge >= 0.3 is 0 Å². The van der Waals surface area contributed by atoms with Crippen LogP contribution in [-0.2, 0) is 0 Å². The van der Waals surface area contributed by atoms with Crippen LogP contribution in [-0.4, -0.2) is 9.97 Å². The molecule has 0 bridgehead atoms. The molecule has 2 aromatic carbocycles. The van der Waals surface area contributed by atoms with Gasteiger partial charge in [0.25, 0.3) is 0 Å². The highest BCUT2D eigenvalue weighted by Crippen LogP contribution is 2.20. The second-order valence-electron chi connectivity index (χ2n) is 7.22. The molecule has 4 rings (SSSR count). The molecular weight excluding hydrogens is 316 g/mol. The van der Waals surface area contributed by atoms with E-state index in [-0.39, 0.29) is 0 Å². The molecule has 2 heterocycles. The van der Waals surface area contributed by atoms with Gasteiger partial charge in [-0.25, -0.2) is 0 Å². The van der Waals surface area contributed by atoms with Gasteiger partial charge in [0, 0.05) is 23.2 Å². The van der Waals surface area contributed by atoms with Gasteiger partial charge in [-0.1, -0.05) is 52.0 Å². The molecule has 0 unspecified atom stereocenters. The number of pyridine rings is 2. The predicted octanol–water partition coefficient (Wildman–Crippen LogP) is 6.72. The van der Waals surface area contributed by atoms with Crippen LogP contribution in [0.25, 0.3) is 21.8 Å². The first-order chi connectivity index (χ1) is 12.5. The Bertz CT molecular complexity index is 920. The Morgan fingerprint density at radius 1 is 0.577 bits per heavy atom. The van der Waals surface area contributed by atoms with Crippen LogP contribution in [0.5, 0.6) is 0 Å². The van der Waals surface area contributed by atoms with Gasteiger partial charge in [0.2, 0.25) is 0 Å². The third-order valence-electron chi connectivity index (χ3n) is 4.59. The first-order valence-electron chi connectivity index (χ1n) is 9.24. The zero-order chi connectivity index (χ0) is 18.5. The number of aromatic nitrogens is 2. The van der Waals surface area contributed by atoms with E-state index in [9.17, 15) is 0 Å². The summed E-state index contributed by atoms with van der Waals surface area (Å²) < 4.78 is 0. The molecule has 0 fully saturated rings. The molecule has 0 aliphatic carbocycles. The first kappa shape index (κ1) is 18.1. The molecule has 0 radical (unpaired) electrons. The molecule has 0 aliphatic heterocycles. The SMILES string of the molecule is CC(C)c1ccc2ncccc2c1.CC(C)c1ccc2ncccc2c1. The second-order valence-corrected chi connectivity index (χ2v) is 7.22. The maximum absolute atomic E-state index is 4.28. The van der Waals surface area contributed by atoms with Crippen LogP contribution < -0.4 is 0 Å². The quantitative estimate of drug-likeness (QED) is 0.404. The van der Waals surface area contributed by atoms with Crippen molar-refractivity contribution < 1.29 is 0 Å². The first-order valence-corrected chi connectivity index (χ1v) is 9.24. The Balaban J connectivity index is 0.000000151. The lowest BCUT2D eigenvalue weighted by atomic mass is 10.0. The average molecular weight is 342 g/mol.